The highest BCUT2D eigenvalue weighted by atomic mass is 16.5. The van der Waals surface area contributed by atoms with Crippen molar-refractivity contribution < 1.29 is 24.5 Å². The monoisotopic (exact) mass is 300 g/mol. The lowest BCUT2D eigenvalue weighted by Gasteiger charge is -2.12. The number of rotatable bonds is 5. The summed E-state index contributed by atoms with van der Waals surface area (Å²) < 4.78 is 5.15. The first kappa shape index (κ1) is 15.6. The summed E-state index contributed by atoms with van der Waals surface area (Å²) in [5.41, 5.74) is 0.765. The number of aromatic hydroxyl groups is 1. The molecule has 2 aromatic carbocycles. The minimum atomic E-state index is -1.19. The number of carboxylic acid groups (broad SMARTS) is 1. The molecule has 0 spiro atoms. The fourth-order valence-electron chi connectivity index (χ4n) is 2.27. The van der Waals surface area contributed by atoms with Crippen molar-refractivity contribution in [3.8, 4) is 11.5 Å². The SMILES string of the molecule is CCc1cc(C(=O)c2ccccc2C(=O)O)c(O)cc1OC. The molecule has 0 unspecified atom stereocenters. The van der Waals surface area contributed by atoms with Gasteiger partial charge in [-0.2, -0.15) is 0 Å². The second kappa shape index (κ2) is 6.30. The molecule has 0 aliphatic heterocycles. The van der Waals surface area contributed by atoms with Gasteiger partial charge in [-0.15, -0.1) is 0 Å². The molecule has 0 atom stereocenters. The van der Waals surface area contributed by atoms with Gasteiger partial charge >= 0.3 is 5.97 Å². The fraction of sp³-hybridized carbons (Fsp3) is 0.176. The van der Waals surface area contributed by atoms with Crippen LogP contribution in [0, 0.1) is 0 Å². The zero-order valence-electron chi connectivity index (χ0n) is 12.3. The number of aryl methyl sites for hydroxylation is 1. The van der Waals surface area contributed by atoms with Crippen molar-refractivity contribution in [1.82, 2.24) is 0 Å². The van der Waals surface area contributed by atoms with Crippen molar-refractivity contribution in [2.45, 2.75) is 13.3 Å². The van der Waals surface area contributed by atoms with Gasteiger partial charge in [0, 0.05) is 11.6 Å². The molecule has 5 nitrogen and oxygen atoms in total. The Kier molecular flexibility index (Phi) is 4.46. The van der Waals surface area contributed by atoms with Crippen LogP contribution in [0.2, 0.25) is 0 Å². The van der Waals surface area contributed by atoms with Crippen molar-refractivity contribution in [1.29, 1.82) is 0 Å². The highest BCUT2D eigenvalue weighted by molar-refractivity contribution is 6.15. The summed E-state index contributed by atoms with van der Waals surface area (Å²) in [7, 11) is 1.48. The van der Waals surface area contributed by atoms with Crippen molar-refractivity contribution in [2.75, 3.05) is 7.11 Å². The molecule has 0 aliphatic carbocycles. The van der Waals surface area contributed by atoms with Crippen molar-refractivity contribution >= 4 is 11.8 Å². The predicted octanol–water partition coefficient (Wildman–Crippen LogP) is 2.89. The molecular weight excluding hydrogens is 284 g/mol. The van der Waals surface area contributed by atoms with E-state index in [0.29, 0.717) is 12.2 Å². The van der Waals surface area contributed by atoms with Crippen LogP contribution in [-0.4, -0.2) is 29.1 Å². The van der Waals surface area contributed by atoms with E-state index in [4.69, 9.17) is 4.74 Å². The van der Waals surface area contributed by atoms with E-state index >= 15 is 0 Å². The maximum Gasteiger partial charge on any atom is 0.336 e. The van der Waals surface area contributed by atoms with Crippen LogP contribution in [0.1, 0.15) is 38.8 Å². The number of aromatic carboxylic acids is 1. The van der Waals surface area contributed by atoms with Crippen LogP contribution in [-0.2, 0) is 6.42 Å². The van der Waals surface area contributed by atoms with Crippen LogP contribution >= 0.6 is 0 Å². The Morgan fingerprint density at radius 3 is 2.27 bits per heavy atom. The van der Waals surface area contributed by atoms with Gasteiger partial charge in [0.25, 0.3) is 0 Å². The summed E-state index contributed by atoms with van der Waals surface area (Å²) in [5, 5.41) is 19.2. The molecule has 0 heterocycles. The first-order valence-corrected chi connectivity index (χ1v) is 6.76. The Morgan fingerprint density at radius 1 is 1.09 bits per heavy atom. The lowest BCUT2D eigenvalue weighted by molar-refractivity contribution is 0.0692. The number of methoxy groups -OCH3 is 1. The second-order valence-electron chi connectivity index (χ2n) is 4.71. The summed E-state index contributed by atoms with van der Waals surface area (Å²) in [6.45, 7) is 1.90. The van der Waals surface area contributed by atoms with E-state index in [-0.39, 0.29) is 22.4 Å². The van der Waals surface area contributed by atoms with Gasteiger partial charge in [-0.05, 0) is 24.1 Å². The number of carbonyl (C=O) groups is 2. The lowest BCUT2D eigenvalue weighted by Crippen LogP contribution is -2.10. The molecule has 2 N–H and O–H groups in total. The number of hydrogen-bond donors (Lipinski definition) is 2. The molecule has 114 valence electrons. The highest BCUT2D eigenvalue weighted by Gasteiger charge is 2.21. The van der Waals surface area contributed by atoms with Crippen molar-refractivity contribution in [3.63, 3.8) is 0 Å². The van der Waals surface area contributed by atoms with E-state index in [1.54, 1.807) is 12.1 Å². The third-order valence-corrected chi connectivity index (χ3v) is 3.43. The van der Waals surface area contributed by atoms with Crippen molar-refractivity contribution in [3.05, 3.63) is 58.7 Å². The molecule has 2 aromatic rings. The summed E-state index contributed by atoms with van der Waals surface area (Å²) in [5.74, 6) is -1.47. The second-order valence-corrected chi connectivity index (χ2v) is 4.71. The smallest absolute Gasteiger partial charge is 0.336 e. The number of carbonyl (C=O) groups excluding carboxylic acids is 1. The van der Waals surface area contributed by atoms with Crippen LogP contribution in [0.4, 0.5) is 0 Å². The Bertz CT molecular complexity index is 734. The van der Waals surface area contributed by atoms with Crippen LogP contribution in [0.3, 0.4) is 0 Å². The average molecular weight is 300 g/mol. The lowest BCUT2D eigenvalue weighted by atomic mass is 9.95. The standard InChI is InChI=1S/C17H16O5/c1-3-10-8-13(14(18)9-15(10)22-2)16(19)11-6-4-5-7-12(11)17(20)21/h4-9,18H,3H2,1-2H3,(H,20,21). The third kappa shape index (κ3) is 2.79. The molecule has 0 fully saturated rings. The van der Waals surface area contributed by atoms with E-state index in [0.717, 1.165) is 5.56 Å². The van der Waals surface area contributed by atoms with Gasteiger partial charge in [0.1, 0.15) is 11.5 Å². The Labute approximate surface area is 127 Å². The Hall–Kier alpha value is -2.82. The molecule has 5 heteroatoms. The van der Waals surface area contributed by atoms with Gasteiger partial charge < -0.3 is 14.9 Å². The van der Waals surface area contributed by atoms with E-state index in [1.807, 2.05) is 6.92 Å². The Balaban J connectivity index is 2.57. The molecule has 0 saturated heterocycles. The van der Waals surface area contributed by atoms with Crippen LogP contribution in [0.15, 0.2) is 36.4 Å². The quantitative estimate of drug-likeness (QED) is 0.829. The van der Waals surface area contributed by atoms with Gasteiger partial charge in [0.05, 0.1) is 18.2 Å². The number of ketones is 1. The summed E-state index contributed by atoms with van der Waals surface area (Å²) >= 11 is 0. The third-order valence-electron chi connectivity index (χ3n) is 3.43. The fourth-order valence-corrected chi connectivity index (χ4v) is 2.27. The number of carboxylic acids is 1. The van der Waals surface area contributed by atoms with E-state index < -0.39 is 11.8 Å². The van der Waals surface area contributed by atoms with Gasteiger partial charge in [-0.25, -0.2) is 4.79 Å². The van der Waals surface area contributed by atoms with Crippen molar-refractivity contribution in [2.24, 2.45) is 0 Å². The topological polar surface area (TPSA) is 83.8 Å². The maximum absolute atomic E-state index is 12.6. The first-order chi connectivity index (χ1) is 10.5. The number of ether oxygens (including phenoxy) is 1. The molecular formula is C17H16O5. The highest BCUT2D eigenvalue weighted by Crippen LogP contribution is 2.30. The van der Waals surface area contributed by atoms with Crippen LogP contribution in [0.25, 0.3) is 0 Å². The van der Waals surface area contributed by atoms with E-state index in [2.05, 4.69) is 0 Å². The largest absolute Gasteiger partial charge is 0.507 e. The zero-order valence-corrected chi connectivity index (χ0v) is 12.3. The molecule has 0 amide bonds. The minimum Gasteiger partial charge on any atom is -0.507 e. The number of phenols is 1. The molecule has 0 saturated carbocycles. The van der Waals surface area contributed by atoms with Crippen LogP contribution in [0.5, 0.6) is 11.5 Å². The minimum absolute atomic E-state index is 0.0394. The molecule has 0 bridgehead atoms. The number of benzene rings is 2. The van der Waals surface area contributed by atoms with Crippen LogP contribution < -0.4 is 4.74 Å². The van der Waals surface area contributed by atoms with Gasteiger partial charge in [0.15, 0.2) is 5.78 Å². The van der Waals surface area contributed by atoms with Gasteiger partial charge in [-0.3, -0.25) is 4.79 Å². The molecule has 0 aromatic heterocycles. The number of hydrogen-bond acceptors (Lipinski definition) is 4. The summed E-state index contributed by atoms with van der Waals surface area (Å²) in [6, 6.07) is 8.83. The molecule has 0 radical (unpaired) electrons. The summed E-state index contributed by atoms with van der Waals surface area (Å²) in [6.07, 6.45) is 0.615. The number of phenolic OH excluding ortho intramolecular Hbond substituents is 1. The predicted molar refractivity (Wildman–Crippen MR) is 80.9 cm³/mol. The normalized spacial score (nSPS) is 10.3. The Morgan fingerprint density at radius 2 is 1.73 bits per heavy atom. The molecule has 22 heavy (non-hydrogen) atoms. The van der Waals surface area contributed by atoms with Gasteiger partial charge in [0.2, 0.25) is 0 Å². The summed E-state index contributed by atoms with van der Waals surface area (Å²) in [4.78, 5) is 23.8. The van der Waals surface area contributed by atoms with E-state index in [9.17, 15) is 19.8 Å². The van der Waals surface area contributed by atoms with E-state index in [1.165, 1.54) is 31.4 Å². The maximum atomic E-state index is 12.6. The average Bonchev–Trinajstić information content (AvgIpc) is 2.53. The zero-order chi connectivity index (χ0) is 16.3. The molecule has 2 rings (SSSR count). The molecule has 0 aliphatic rings. The first-order valence-electron chi connectivity index (χ1n) is 6.76. The van der Waals surface area contributed by atoms with Gasteiger partial charge in [-0.1, -0.05) is 25.1 Å².